The van der Waals surface area contributed by atoms with Gasteiger partial charge in [-0.25, -0.2) is 0 Å². The first-order valence-electron chi connectivity index (χ1n) is 16.5. The number of allylic oxidation sites excluding steroid dienone is 3. The highest BCUT2D eigenvalue weighted by molar-refractivity contribution is 5.21. The lowest BCUT2D eigenvalue weighted by atomic mass is 9.37. The van der Waals surface area contributed by atoms with Crippen LogP contribution in [0.5, 0.6) is 0 Å². The molecule has 0 aromatic carbocycles. The molecule has 0 amide bonds. The molecule has 1 nitrogen and oxygen atoms in total. The highest BCUT2D eigenvalue weighted by atomic mass is 16.3. The van der Waals surface area contributed by atoms with Gasteiger partial charge in [-0.15, -0.1) is 19.7 Å². The largest absolute Gasteiger partial charge is 0.512 e. The second kappa shape index (κ2) is 15.7. The smallest absolute Gasteiger partial charge is 0.0942 e. The van der Waals surface area contributed by atoms with Crippen LogP contribution in [0.2, 0.25) is 0 Å². The van der Waals surface area contributed by atoms with Gasteiger partial charge in [0.1, 0.15) is 0 Å². The van der Waals surface area contributed by atoms with E-state index in [0.717, 1.165) is 30.1 Å². The number of hydrogen-bond donors (Lipinski definition) is 1. The summed E-state index contributed by atoms with van der Waals surface area (Å²) in [5, 5.41) is 10.6. The van der Waals surface area contributed by atoms with Gasteiger partial charge in [0.15, 0.2) is 0 Å². The average Bonchev–Trinajstić information content (AvgIpc) is 3.33. The summed E-state index contributed by atoms with van der Waals surface area (Å²) in [5.74, 6) is 5.15. The standard InChI is InChI=1S/C26H42O.C3H6.3C2H6.C2H4/c1-23(2)20-11-15-25(4)19-10-14-24(3)13-6-7-18(24)17(19)8-9-21(25)26(20,5)16-12-22(23)27;1-3-2;4*1-2/h12,17-21,27H,6-11,13-16H2,1-5H3;3H,1H2,2H3;3*1-2H3;1-2H2/t17-,18-,19?,20?,21?,24-,25+,26+;;;;;/m1...../s1. The quantitative estimate of drug-likeness (QED) is 0.309. The number of aliphatic hydroxyl groups excluding tert-OH is 1. The van der Waals surface area contributed by atoms with E-state index in [1.54, 1.807) is 6.08 Å². The lowest BCUT2D eigenvalue weighted by Gasteiger charge is -2.68. The number of hydrogen-bond acceptors (Lipinski definition) is 1. The SMILES string of the molecule is C=C.C=CC.CC.CC.CC.CC1(C)C(O)=CC[C@@]2(C)C1CC[C@@]1(C)C3CC[C@@]4(C)CCC[C@@H]4[C@H]3CCC12. The monoisotopic (exact) mass is 531 g/mol. The lowest BCUT2D eigenvalue weighted by Crippen LogP contribution is -2.61. The summed E-state index contributed by atoms with van der Waals surface area (Å²) in [7, 11) is 0. The molecule has 1 N–H and O–H groups in total. The van der Waals surface area contributed by atoms with Crippen LogP contribution < -0.4 is 0 Å². The van der Waals surface area contributed by atoms with E-state index in [2.05, 4.69) is 60.4 Å². The zero-order valence-corrected chi connectivity index (χ0v) is 28.2. The van der Waals surface area contributed by atoms with E-state index in [1.807, 2.05) is 48.5 Å². The van der Waals surface area contributed by atoms with Crippen molar-refractivity contribution in [1.29, 1.82) is 0 Å². The van der Waals surface area contributed by atoms with Crippen molar-refractivity contribution in [2.24, 2.45) is 51.2 Å². The number of rotatable bonds is 0. The first-order valence-corrected chi connectivity index (χ1v) is 16.5. The fourth-order valence-electron chi connectivity index (χ4n) is 10.1. The summed E-state index contributed by atoms with van der Waals surface area (Å²) >= 11 is 0. The van der Waals surface area contributed by atoms with Crippen LogP contribution in [0.25, 0.3) is 0 Å². The van der Waals surface area contributed by atoms with Gasteiger partial charge in [-0.05, 0) is 117 Å². The van der Waals surface area contributed by atoms with Gasteiger partial charge in [-0.1, -0.05) is 88.7 Å². The number of fused-ring (bicyclic) bond motifs is 7. The third kappa shape index (κ3) is 6.49. The van der Waals surface area contributed by atoms with Crippen LogP contribution in [-0.2, 0) is 0 Å². The summed E-state index contributed by atoms with van der Waals surface area (Å²) in [4.78, 5) is 0. The normalized spacial score (nSPS) is 40.9. The van der Waals surface area contributed by atoms with Crippen molar-refractivity contribution in [3.63, 3.8) is 0 Å². The van der Waals surface area contributed by atoms with Crippen molar-refractivity contribution in [3.05, 3.63) is 37.6 Å². The van der Waals surface area contributed by atoms with Crippen molar-refractivity contribution in [1.82, 2.24) is 0 Å². The summed E-state index contributed by atoms with van der Waals surface area (Å²) in [5.41, 5.74) is 1.55. The molecule has 38 heavy (non-hydrogen) atoms. The molecule has 5 aliphatic carbocycles. The van der Waals surface area contributed by atoms with Crippen molar-refractivity contribution in [2.45, 2.75) is 147 Å². The molecule has 8 atom stereocenters. The molecule has 0 aliphatic heterocycles. The topological polar surface area (TPSA) is 20.2 Å². The minimum Gasteiger partial charge on any atom is -0.512 e. The van der Waals surface area contributed by atoms with E-state index in [4.69, 9.17) is 0 Å². The van der Waals surface area contributed by atoms with Crippen LogP contribution in [0.15, 0.2) is 37.6 Å². The molecule has 4 saturated carbocycles. The van der Waals surface area contributed by atoms with Gasteiger partial charge in [-0.2, -0.15) is 0 Å². The van der Waals surface area contributed by atoms with Crippen LogP contribution >= 0.6 is 0 Å². The Labute approximate surface area is 241 Å². The van der Waals surface area contributed by atoms with Gasteiger partial charge < -0.3 is 5.11 Å². The minimum absolute atomic E-state index is 0.0399. The second-order valence-corrected chi connectivity index (χ2v) is 13.1. The van der Waals surface area contributed by atoms with E-state index in [-0.39, 0.29) is 5.41 Å². The maximum Gasteiger partial charge on any atom is 0.0942 e. The first-order chi connectivity index (χ1) is 18.0. The molecule has 224 valence electrons. The molecule has 3 unspecified atom stereocenters. The highest BCUT2D eigenvalue weighted by Gasteiger charge is 2.64. The molecular weight excluding hydrogens is 460 g/mol. The van der Waals surface area contributed by atoms with Gasteiger partial charge in [0.2, 0.25) is 0 Å². The van der Waals surface area contributed by atoms with Gasteiger partial charge in [0, 0.05) is 5.41 Å². The highest BCUT2D eigenvalue weighted by Crippen LogP contribution is 2.72. The van der Waals surface area contributed by atoms with Crippen LogP contribution in [0, 0.1) is 51.2 Å². The molecule has 0 aromatic heterocycles. The first kappa shape index (κ1) is 37.0. The van der Waals surface area contributed by atoms with Crippen LogP contribution in [0.4, 0.5) is 0 Å². The van der Waals surface area contributed by atoms with E-state index < -0.39 is 0 Å². The Hall–Kier alpha value is -0.980. The molecule has 5 aliphatic rings. The summed E-state index contributed by atoms with van der Waals surface area (Å²) in [6, 6.07) is 0. The molecule has 1 heteroatoms. The Bertz CT molecular complexity index is 718. The van der Waals surface area contributed by atoms with Crippen LogP contribution in [0.3, 0.4) is 0 Å². The molecule has 0 spiro atoms. The summed E-state index contributed by atoms with van der Waals surface area (Å²) in [6.07, 6.45) is 18.2. The van der Waals surface area contributed by atoms with E-state index in [1.165, 1.54) is 57.8 Å². The van der Waals surface area contributed by atoms with Crippen molar-refractivity contribution >= 4 is 0 Å². The molecule has 4 fully saturated rings. The van der Waals surface area contributed by atoms with Gasteiger partial charge >= 0.3 is 0 Å². The van der Waals surface area contributed by atoms with Crippen molar-refractivity contribution in [2.75, 3.05) is 0 Å². The van der Waals surface area contributed by atoms with Crippen LogP contribution in [0.1, 0.15) is 147 Å². The molecular formula is C37H70O. The Morgan fingerprint density at radius 1 is 0.737 bits per heavy atom. The van der Waals surface area contributed by atoms with E-state index in [9.17, 15) is 5.11 Å². The van der Waals surface area contributed by atoms with Gasteiger partial charge in [0.05, 0.1) is 5.76 Å². The average molecular weight is 531 g/mol. The molecule has 0 heterocycles. The zero-order chi connectivity index (χ0) is 29.9. The molecule has 0 bridgehead atoms. The molecule has 0 radical (unpaired) electrons. The summed E-state index contributed by atoms with van der Waals surface area (Å²) in [6.45, 7) is 35.8. The Morgan fingerprint density at radius 2 is 1.29 bits per heavy atom. The third-order valence-corrected chi connectivity index (χ3v) is 11.5. The maximum atomic E-state index is 10.6. The van der Waals surface area contributed by atoms with E-state index >= 15 is 0 Å². The Kier molecular flexibility index (Phi) is 15.3. The van der Waals surface area contributed by atoms with Crippen LogP contribution in [-0.4, -0.2) is 5.11 Å². The molecule has 5 rings (SSSR count). The van der Waals surface area contributed by atoms with Crippen molar-refractivity contribution in [3.8, 4) is 0 Å². The van der Waals surface area contributed by atoms with Crippen molar-refractivity contribution < 1.29 is 5.11 Å². The lowest BCUT2D eigenvalue weighted by molar-refractivity contribution is -0.182. The second-order valence-electron chi connectivity index (χ2n) is 13.1. The Balaban J connectivity index is 0.00000110. The number of aliphatic hydroxyl groups is 1. The van der Waals surface area contributed by atoms with E-state index in [0.29, 0.717) is 27.9 Å². The fraction of sp³-hybridized carbons (Fsp3) is 0.838. The molecule has 0 aromatic rings. The Morgan fingerprint density at radius 3 is 1.84 bits per heavy atom. The van der Waals surface area contributed by atoms with Gasteiger partial charge in [-0.3, -0.25) is 0 Å². The minimum atomic E-state index is -0.0399. The maximum absolute atomic E-state index is 10.6. The zero-order valence-electron chi connectivity index (χ0n) is 28.2. The summed E-state index contributed by atoms with van der Waals surface area (Å²) < 4.78 is 0. The predicted octanol–water partition coefficient (Wildman–Crippen LogP) is 12.6. The molecule has 0 saturated heterocycles. The predicted molar refractivity (Wildman–Crippen MR) is 174 cm³/mol. The third-order valence-electron chi connectivity index (χ3n) is 11.5. The van der Waals surface area contributed by atoms with Gasteiger partial charge in [0.25, 0.3) is 0 Å². The fourth-order valence-corrected chi connectivity index (χ4v) is 10.1.